The van der Waals surface area contributed by atoms with Gasteiger partial charge in [0.1, 0.15) is 0 Å². The first-order chi connectivity index (χ1) is 13.2. The molecule has 0 saturated carbocycles. The Morgan fingerprint density at radius 2 is 1.75 bits per heavy atom. The average Bonchev–Trinajstić information content (AvgIpc) is 2.98. The summed E-state index contributed by atoms with van der Waals surface area (Å²) in [6.07, 6.45) is 0.682. The molecule has 3 aliphatic rings. The van der Waals surface area contributed by atoms with Gasteiger partial charge in [-0.2, -0.15) is 17.0 Å². The summed E-state index contributed by atoms with van der Waals surface area (Å²) >= 11 is 0. The summed E-state index contributed by atoms with van der Waals surface area (Å²) in [7, 11) is -6.92. The topological polar surface area (TPSA) is 96.5 Å². The molecule has 28 heavy (non-hydrogen) atoms. The van der Waals surface area contributed by atoms with Crippen LogP contribution in [0.1, 0.15) is 26.7 Å². The highest BCUT2D eigenvalue weighted by molar-refractivity contribution is 7.91. The molecule has 3 atom stereocenters. The average molecular weight is 440 g/mol. The molecule has 3 fully saturated rings. The Balaban J connectivity index is 1.71. The minimum Gasteiger partial charge on any atom is -0.379 e. The standard InChI is InChI=1S/C17H33N3O6S2/c1-15-12-19(13-16(2)26-15)28(23,24)20(17-4-11-27(21,22)14-17)6-3-5-18-7-9-25-10-8-18/h15-17H,3-14H2,1-2H3. The van der Waals surface area contributed by atoms with Crippen molar-refractivity contribution in [1.82, 2.24) is 13.5 Å². The Hall–Kier alpha value is -0.300. The largest absolute Gasteiger partial charge is 0.379 e. The van der Waals surface area contributed by atoms with Crippen molar-refractivity contribution in [2.45, 2.75) is 44.9 Å². The van der Waals surface area contributed by atoms with Crippen molar-refractivity contribution in [3.05, 3.63) is 0 Å². The van der Waals surface area contributed by atoms with Crippen molar-refractivity contribution in [3.63, 3.8) is 0 Å². The van der Waals surface area contributed by atoms with E-state index in [1.165, 1.54) is 8.61 Å². The third-order valence-corrected chi connectivity index (χ3v) is 9.36. The fraction of sp³-hybridized carbons (Fsp3) is 1.00. The Bertz CT molecular complexity index is 713. The monoisotopic (exact) mass is 439 g/mol. The quantitative estimate of drug-likeness (QED) is 0.530. The first-order valence-corrected chi connectivity index (χ1v) is 13.3. The van der Waals surface area contributed by atoms with E-state index in [9.17, 15) is 16.8 Å². The molecule has 3 heterocycles. The molecule has 3 rings (SSSR count). The minimum atomic E-state index is -3.75. The van der Waals surface area contributed by atoms with Crippen LogP contribution < -0.4 is 0 Å². The Kier molecular flexibility index (Phi) is 7.38. The summed E-state index contributed by atoms with van der Waals surface area (Å²) in [5.41, 5.74) is 0. The van der Waals surface area contributed by atoms with Crippen LogP contribution in [0.25, 0.3) is 0 Å². The van der Waals surface area contributed by atoms with E-state index < -0.39 is 26.1 Å². The zero-order valence-electron chi connectivity index (χ0n) is 16.8. The van der Waals surface area contributed by atoms with Crippen LogP contribution in [0.4, 0.5) is 0 Å². The van der Waals surface area contributed by atoms with Crippen LogP contribution in [0.15, 0.2) is 0 Å². The van der Waals surface area contributed by atoms with Gasteiger partial charge in [0, 0.05) is 38.8 Å². The number of morpholine rings is 2. The fourth-order valence-corrected chi connectivity index (χ4v) is 8.07. The van der Waals surface area contributed by atoms with E-state index in [1.54, 1.807) is 0 Å². The lowest BCUT2D eigenvalue weighted by atomic mass is 10.2. The van der Waals surface area contributed by atoms with E-state index in [0.717, 1.165) is 19.6 Å². The second-order valence-electron chi connectivity index (χ2n) is 8.06. The summed E-state index contributed by atoms with van der Waals surface area (Å²) in [5, 5.41) is 0. The van der Waals surface area contributed by atoms with Crippen LogP contribution in [0.3, 0.4) is 0 Å². The third-order valence-electron chi connectivity index (χ3n) is 5.58. The molecule has 0 bridgehead atoms. The van der Waals surface area contributed by atoms with Gasteiger partial charge in [-0.1, -0.05) is 0 Å². The summed E-state index contributed by atoms with van der Waals surface area (Å²) in [5.74, 6) is -0.0255. The zero-order valence-corrected chi connectivity index (χ0v) is 18.5. The first kappa shape index (κ1) is 22.4. The molecule has 11 heteroatoms. The minimum absolute atomic E-state index is 0.0586. The van der Waals surface area contributed by atoms with Crippen molar-refractivity contribution in [3.8, 4) is 0 Å². The van der Waals surface area contributed by atoms with E-state index in [0.29, 0.717) is 45.7 Å². The molecule has 0 aromatic heterocycles. The fourth-order valence-electron chi connectivity index (χ4n) is 4.23. The number of sulfone groups is 1. The molecular weight excluding hydrogens is 406 g/mol. The van der Waals surface area contributed by atoms with Crippen molar-refractivity contribution in [1.29, 1.82) is 0 Å². The molecule has 3 unspecified atom stereocenters. The van der Waals surface area contributed by atoms with Gasteiger partial charge in [0.05, 0.1) is 36.9 Å². The van der Waals surface area contributed by atoms with Gasteiger partial charge < -0.3 is 9.47 Å². The summed E-state index contributed by atoms with van der Waals surface area (Å²) in [4.78, 5) is 2.26. The van der Waals surface area contributed by atoms with Crippen LogP contribution >= 0.6 is 0 Å². The molecule has 0 aromatic rings. The second kappa shape index (κ2) is 9.23. The predicted molar refractivity (Wildman–Crippen MR) is 106 cm³/mol. The molecule has 0 aromatic carbocycles. The van der Waals surface area contributed by atoms with Gasteiger partial charge in [-0.3, -0.25) is 4.90 Å². The van der Waals surface area contributed by atoms with Crippen LogP contribution in [-0.4, -0.2) is 113 Å². The highest BCUT2D eigenvalue weighted by Crippen LogP contribution is 2.25. The van der Waals surface area contributed by atoms with Crippen molar-refractivity contribution in [2.24, 2.45) is 0 Å². The molecule has 164 valence electrons. The highest BCUT2D eigenvalue weighted by Gasteiger charge is 2.42. The van der Waals surface area contributed by atoms with E-state index in [4.69, 9.17) is 9.47 Å². The molecule has 0 radical (unpaired) electrons. The normalized spacial score (nSPS) is 32.8. The van der Waals surface area contributed by atoms with E-state index in [-0.39, 0.29) is 23.7 Å². The summed E-state index contributed by atoms with van der Waals surface area (Å²) < 4.78 is 64.8. The van der Waals surface area contributed by atoms with Gasteiger partial charge >= 0.3 is 0 Å². The third kappa shape index (κ3) is 5.65. The zero-order chi connectivity index (χ0) is 20.4. The van der Waals surface area contributed by atoms with Crippen LogP contribution in [0.2, 0.25) is 0 Å². The van der Waals surface area contributed by atoms with Crippen molar-refractivity contribution >= 4 is 20.0 Å². The van der Waals surface area contributed by atoms with Gasteiger partial charge in [0.2, 0.25) is 0 Å². The maximum Gasteiger partial charge on any atom is 0.282 e. The molecule has 0 aliphatic carbocycles. The maximum atomic E-state index is 13.4. The number of hydrogen-bond acceptors (Lipinski definition) is 7. The predicted octanol–water partition coefficient (Wildman–Crippen LogP) is -0.448. The second-order valence-corrected chi connectivity index (χ2v) is 12.2. The Labute approximate surface area is 169 Å². The Morgan fingerprint density at radius 1 is 1.11 bits per heavy atom. The SMILES string of the molecule is CC1CN(S(=O)(=O)N(CCCN2CCOCC2)C2CCS(=O)(=O)C2)CC(C)O1. The molecular formula is C17H33N3O6S2. The van der Waals surface area contributed by atoms with Gasteiger partial charge in [0.15, 0.2) is 9.84 Å². The molecule has 3 aliphatic heterocycles. The maximum absolute atomic E-state index is 13.4. The van der Waals surface area contributed by atoms with Crippen molar-refractivity contribution in [2.75, 3.05) is 64.0 Å². The first-order valence-electron chi connectivity index (χ1n) is 10.1. The number of hydrogen-bond donors (Lipinski definition) is 0. The molecule has 0 amide bonds. The van der Waals surface area contributed by atoms with E-state index in [2.05, 4.69) is 4.90 Å². The lowest BCUT2D eigenvalue weighted by Gasteiger charge is -2.39. The molecule has 0 N–H and O–H groups in total. The van der Waals surface area contributed by atoms with Crippen LogP contribution in [0.5, 0.6) is 0 Å². The number of nitrogens with zero attached hydrogens (tertiary/aromatic N) is 3. The van der Waals surface area contributed by atoms with Gasteiger partial charge in [0.25, 0.3) is 10.2 Å². The van der Waals surface area contributed by atoms with Crippen LogP contribution in [0, 0.1) is 0 Å². The molecule has 9 nitrogen and oxygen atoms in total. The number of rotatable bonds is 7. The lowest BCUT2D eigenvalue weighted by Crippen LogP contribution is -2.55. The van der Waals surface area contributed by atoms with Gasteiger partial charge in [-0.05, 0) is 33.2 Å². The smallest absolute Gasteiger partial charge is 0.282 e. The van der Waals surface area contributed by atoms with Gasteiger partial charge in [-0.15, -0.1) is 0 Å². The highest BCUT2D eigenvalue weighted by atomic mass is 32.2. The van der Waals surface area contributed by atoms with E-state index in [1.807, 2.05) is 13.8 Å². The van der Waals surface area contributed by atoms with Crippen LogP contribution in [-0.2, 0) is 29.5 Å². The van der Waals surface area contributed by atoms with Crippen molar-refractivity contribution < 1.29 is 26.3 Å². The molecule has 3 saturated heterocycles. The number of ether oxygens (including phenoxy) is 2. The molecule has 0 spiro atoms. The van der Waals surface area contributed by atoms with E-state index >= 15 is 0 Å². The summed E-state index contributed by atoms with van der Waals surface area (Å²) in [6, 6.07) is -0.479. The lowest BCUT2D eigenvalue weighted by molar-refractivity contribution is -0.0457. The summed E-state index contributed by atoms with van der Waals surface area (Å²) in [6.45, 7) is 8.54. The van der Waals surface area contributed by atoms with Gasteiger partial charge in [-0.25, -0.2) is 8.42 Å². The Morgan fingerprint density at radius 3 is 2.32 bits per heavy atom.